The van der Waals surface area contributed by atoms with Gasteiger partial charge in [0.25, 0.3) is 5.91 Å². The molecule has 2 aromatic heterocycles. The Bertz CT molecular complexity index is 781. The van der Waals surface area contributed by atoms with Crippen LogP contribution in [0.4, 0.5) is 0 Å². The zero-order chi connectivity index (χ0) is 17.3. The highest BCUT2D eigenvalue weighted by atomic mass is 16.5. The van der Waals surface area contributed by atoms with Gasteiger partial charge in [-0.15, -0.1) is 0 Å². The second kappa shape index (κ2) is 6.59. The normalized spacial score (nSPS) is 18.5. The van der Waals surface area contributed by atoms with E-state index < -0.39 is 12.1 Å². The lowest BCUT2D eigenvalue weighted by Crippen LogP contribution is -2.36. The first kappa shape index (κ1) is 16.4. The average molecular weight is 330 g/mol. The van der Waals surface area contributed by atoms with E-state index in [-0.39, 0.29) is 11.9 Å². The molecule has 7 nitrogen and oxygen atoms in total. The summed E-state index contributed by atoms with van der Waals surface area (Å²) in [4.78, 5) is 29.0. The predicted molar refractivity (Wildman–Crippen MR) is 88.7 cm³/mol. The Morgan fingerprint density at radius 2 is 2.21 bits per heavy atom. The van der Waals surface area contributed by atoms with Gasteiger partial charge in [-0.2, -0.15) is 5.10 Å². The zero-order valence-corrected chi connectivity index (χ0v) is 14.2. The monoisotopic (exact) mass is 330 g/mol. The van der Waals surface area contributed by atoms with E-state index >= 15 is 0 Å². The number of aryl methyl sites for hydroxylation is 1. The Labute approximate surface area is 140 Å². The first-order valence-corrected chi connectivity index (χ1v) is 8.31. The summed E-state index contributed by atoms with van der Waals surface area (Å²) in [6, 6.07) is 1.92. The lowest BCUT2D eigenvalue weighted by atomic mass is 10.1. The maximum absolute atomic E-state index is 12.5. The number of nitrogens with one attached hydrogen (secondary N) is 1. The van der Waals surface area contributed by atoms with Crippen molar-refractivity contribution < 1.29 is 14.3 Å². The van der Waals surface area contributed by atoms with E-state index in [0.29, 0.717) is 24.2 Å². The number of aromatic nitrogens is 3. The molecular weight excluding hydrogens is 308 g/mol. The van der Waals surface area contributed by atoms with E-state index in [0.717, 1.165) is 23.9 Å². The van der Waals surface area contributed by atoms with E-state index in [9.17, 15) is 9.59 Å². The SMILES string of the molecule is Cc1nc2c(cnn2C(C)C)cc1C(=O)OC1CCCCNC1=O. The Morgan fingerprint density at radius 3 is 2.96 bits per heavy atom. The van der Waals surface area contributed by atoms with Gasteiger partial charge in [0.2, 0.25) is 0 Å². The van der Waals surface area contributed by atoms with Crippen molar-refractivity contribution in [2.75, 3.05) is 6.54 Å². The van der Waals surface area contributed by atoms with Crippen molar-refractivity contribution >= 4 is 22.9 Å². The van der Waals surface area contributed by atoms with Crippen molar-refractivity contribution in [1.82, 2.24) is 20.1 Å². The van der Waals surface area contributed by atoms with Gasteiger partial charge in [-0.05, 0) is 46.1 Å². The second-order valence-electron chi connectivity index (χ2n) is 6.40. The van der Waals surface area contributed by atoms with Gasteiger partial charge in [-0.25, -0.2) is 14.5 Å². The van der Waals surface area contributed by atoms with Gasteiger partial charge in [-0.1, -0.05) is 0 Å². The number of hydrogen-bond acceptors (Lipinski definition) is 5. The molecule has 3 heterocycles. The van der Waals surface area contributed by atoms with Gasteiger partial charge in [-0.3, -0.25) is 4.79 Å². The largest absolute Gasteiger partial charge is 0.449 e. The van der Waals surface area contributed by atoms with Crippen LogP contribution in [0, 0.1) is 6.92 Å². The molecule has 24 heavy (non-hydrogen) atoms. The molecule has 1 saturated heterocycles. The first-order valence-electron chi connectivity index (χ1n) is 8.31. The van der Waals surface area contributed by atoms with Crippen LogP contribution in [0.25, 0.3) is 11.0 Å². The van der Waals surface area contributed by atoms with Crippen molar-refractivity contribution in [2.24, 2.45) is 0 Å². The molecule has 1 unspecified atom stereocenters. The molecule has 0 aliphatic carbocycles. The molecule has 1 aliphatic rings. The molecule has 0 saturated carbocycles. The summed E-state index contributed by atoms with van der Waals surface area (Å²) in [5.74, 6) is -0.735. The van der Waals surface area contributed by atoms with Gasteiger partial charge >= 0.3 is 5.97 Å². The third-order valence-corrected chi connectivity index (χ3v) is 4.20. The summed E-state index contributed by atoms with van der Waals surface area (Å²) >= 11 is 0. The van der Waals surface area contributed by atoms with Crippen molar-refractivity contribution in [2.45, 2.75) is 52.2 Å². The topological polar surface area (TPSA) is 86.1 Å². The summed E-state index contributed by atoms with van der Waals surface area (Å²) in [5.41, 5.74) is 1.69. The molecule has 0 bridgehead atoms. The van der Waals surface area contributed by atoms with Gasteiger partial charge in [0.1, 0.15) is 0 Å². The number of carbonyl (C=O) groups is 2. The minimum absolute atomic E-state index is 0.182. The van der Waals surface area contributed by atoms with E-state index in [1.54, 1.807) is 19.2 Å². The lowest BCUT2D eigenvalue weighted by Gasteiger charge is -2.15. The summed E-state index contributed by atoms with van der Waals surface area (Å²) in [6.45, 7) is 6.45. The molecule has 0 spiro atoms. The van der Waals surface area contributed by atoms with Crippen LogP contribution in [0.15, 0.2) is 12.3 Å². The fourth-order valence-corrected chi connectivity index (χ4v) is 2.87. The number of hydrogen-bond donors (Lipinski definition) is 1. The van der Waals surface area contributed by atoms with Gasteiger partial charge < -0.3 is 10.1 Å². The van der Waals surface area contributed by atoms with E-state index in [1.807, 2.05) is 18.5 Å². The first-order chi connectivity index (χ1) is 11.5. The van der Waals surface area contributed by atoms with E-state index in [1.165, 1.54) is 0 Å². The summed E-state index contributed by atoms with van der Waals surface area (Å²) in [7, 11) is 0. The fourth-order valence-electron chi connectivity index (χ4n) is 2.87. The predicted octanol–water partition coefficient (Wildman–Crippen LogP) is 2.15. The number of esters is 1. The van der Waals surface area contributed by atoms with Crippen LogP contribution < -0.4 is 5.32 Å². The van der Waals surface area contributed by atoms with Crippen molar-refractivity contribution in [3.63, 3.8) is 0 Å². The molecule has 2 aromatic rings. The molecule has 3 rings (SSSR count). The Hall–Kier alpha value is -2.44. The number of amides is 1. The number of fused-ring (bicyclic) bond motifs is 1. The molecule has 1 amide bonds. The Kier molecular flexibility index (Phi) is 4.51. The van der Waals surface area contributed by atoms with Crippen LogP contribution in [0.2, 0.25) is 0 Å². The summed E-state index contributed by atoms with van der Waals surface area (Å²) in [6.07, 6.45) is 3.28. The highest BCUT2D eigenvalue weighted by Gasteiger charge is 2.26. The molecule has 1 fully saturated rings. The minimum atomic E-state index is -0.728. The van der Waals surface area contributed by atoms with Crippen LogP contribution in [0.1, 0.15) is 55.2 Å². The molecule has 1 aliphatic heterocycles. The fraction of sp³-hybridized carbons (Fsp3) is 0.529. The minimum Gasteiger partial charge on any atom is -0.449 e. The number of nitrogens with zero attached hydrogens (tertiary/aromatic N) is 3. The van der Waals surface area contributed by atoms with Crippen LogP contribution in [-0.4, -0.2) is 39.3 Å². The Balaban J connectivity index is 1.87. The van der Waals surface area contributed by atoms with Crippen molar-refractivity contribution in [1.29, 1.82) is 0 Å². The van der Waals surface area contributed by atoms with Crippen LogP contribution in [-0.2, 0) is 9.53 Å². The van der Waals surface area contributed by atoms with E-state index in [2.05, 4.69) is 15.4 Å². The highest BCUT2D eigenvalue weighted by molar-refractivity contribution is 5.96. The molecule has 1 atom stereocenters. The quantitative estimate of drug-likeness (QED) is 0.872. The summed E-state index contributed by atoms with van der Waals surface area (Å²) in [5, 5.41) is 7.86. The molecular formula is C17H22N4O3. The summed E-state index contributed by atoms with van der Waals surface area (Å²) < 4.78 is 7.25. The standard InChI is InChI=1S/C17H22N4O3/c1-10(2)21-15-12(9-19-21)8-13(11(3)20-15)17(23)24-14-6-4-5-7-18-16(14)22/h8-10,14H,4-7H2,1-3H3,(H,18,22). The van der Waals surface area contributed by atoms with Crippen LogP contribution in [0.5, 0.6) is 0 Å². The van der Waals surface area contributed by atoms with Crippen LogP contribution in [0.3, 0.4) is 0 Å². The number of ether oxygens (including phenoxy) is 1. The highest BCUT2D eigenvalue weighted by Crippen LogP contribution is 2.21. The third-order valence-electron chi connectivity index (χ3n) is 4.20. The van der Waals surface area contributed by atoms with Crippen molar-refractivity contribution in [3.8, 4) is 0 Å². The van der Waals surface area contributed by atoms with Gasteiger partial charge in [0.05, 0.1) is 17.5 Å². The maximum atomic E-state index is 12.5. The van der Waals surface area contributed by atoms with Crippen molar-refractivity contribution in [3.05, 3.63) is 23.5 Å². The Morgan fingerprint density at radius 1 is 1.42 bits per heavy atom. The maximum Gasteiger partial charge on any atom is 0.340 e. The lowest BCUT2D eigenvalue weighted by molar-refractivity contribution is -0.129. The zero-order valence-electron chi connectivity index (χ0n) is 14.2. The number of pyridine rings is 1. The van der Waals surface area contributed by atoms with Crippen LogP contribution >= 0.6 is 0 Å². The second-order valence-corrected chi connectivity index (χ2v) is 6.40. The molecule has 7 heteroatoms. The van der Waals surface area contributed by atoms with Gasteiger partial charge in [0, 0.05) is 18.0 Å². The van der Waals surface area contributed by atoms with E-state index in [4.69, 9.17) is 4.74 Å². The molecule has 0 aromatic carbocycles. The molecule has 1 N–H and O–H groups in total. The smallest absolute Gasteiger partial charge is 0.340 e. The average Bonchev–Trinajstić information content (AvgIpc) is 2.84. The number of rotatable bonds is 3. The number of carbonyl (C=O) groups excluding carboxylic acids is 2. The van der Waals surface area contributed by atoms with Gasteiger partial charge in [0.15, 0.2) is 11.8 Å². The molecule has 128 valence electrons. The third kappa shape index (κ3) is 3.11. The molecule has 0 radical (unpaired) electrons.